The van der Waals surface area contributed by atoms with Crippen LogP contribution in [-0.4, -0.2) is 121 Å². The molecule has 0 radical (unpaired) electrons. The van der Waals surface area contributed by atoms with Crippen LogP contribution in [0.15, 0.2) is 80.0 Å². The van der Waals surface area contributed by atoms with Crippen LogP contribution in [-0.2, 0) is 13.9 Å². The Hall–Kier alpha value is -6.46. The second-order valence-electron chi connectivity index (χ2n) is 20.4. The molecule has 1 saturated carbocycles. The molecule has 4 heterocycles. The zero-order valence-corrected chi connectivity index (χ0v) is 43.4. The summed E-state index contributed by atoms with van der Waals surface area (Å²) >= 11 is 0. The highest BCUT2D eigenvalue weighted by Crippen LogP contribution is 2.58. The normalized spacial score (nSPS) is 19.9. The van der Waals surface area contributed by atoms with Crippen molar-refractivity contribution >= 4 is 49.3 Å². The van der Waals surface area contributed by atoms with Gasteiger partial charge < -0.3 is 47.4 Å². The van der Waals surface area contributed by atoms with Crippen LogP contribution in [0.2, 0.25) is 18.1 Å². The Morgan fingerprint density at radius 2 is 1.37 bits per heavy atom. The lowest BCUT2D eigenvalue weighted by molar-refractivity contribution is 0.0528. The molecule has 380 valence electrons. The van der Waals surface area contributed by atoms with Gasteiger partial charge in [-0.2, -0.15) is 0 Å². The molecule has 17 heteroatoms. The molecule has 8 rings (SSSR count). The Kier molecular flexibility index (Phi) is 14.8. The number of nitrogens with zero attached hydrogens (tertiary/aromatic N) is 4. The van der Waals surface area contributed by atoms with E-state index in [1.807, 2.05) is 35.4 Å². The van der Waals surface area contributed by atoms with Crippen molar-refractivity contribution in [1.29, 1.82) is 0 Å². The van der Waals surface area contributed by atoms with Gasteiger partial charge in [-0.05, 0) is 104 Å². The lowest BCUT2D eigenvalue weighted by Crippen LogP contribution is -2.58. The largest absolute Gasteiger partial charge is 0.497 e. The van der Waals surface area contributed by atoms with E-state index >= 15 is 0 Å². The molecule has 3 aromatic rings. The van der Waals surface area contributed by atoms with Crippen LogP contribution < -0.4 is 33.5 Å². The van der Waals surface area contributed by atoms with Gasteiger partial charge >= 0.3 is 12.2 Å². The van der Waals surface area contributed by atoms with Gasteiger partial charge in [0.15, 0.2) is 37.5 Å². The molecular weight excluding hydrogens is 925 g/mol. The highest BCUT2D eigenvalue weighted by molar-refractivity contribution is 6.74. The number of carbonyl (C=O) groups excluding carboxylic acids is 4. The second-order valence-corrected chi connectivity index (χ2v) is 25.2. The summed E-state index contributed by atoms with van der Waals surface area (Å²) in [4.78, 5) is 63.5. The van der Waals surface area contributed by atoms with Crippen LogP contribution >= 0.6 is 0 Å². The van der Waals surface area contributed by atoms with Crippen LogP contribution in [0.25, 0.3) is 5.57 Å². The van der Waals surface area contributed by atoms with E-state index < -0.39 is 26.7 Å². The number of amides is 4. The number of carbonyl (C=O) groups is 4. The second kappa shape index (κ2) is 20.7. The van der Waals surface area contributed by atoms with Gasteiger partial charge in [0, 0.05) is 24.9 Å². The molecule has 1 saturated heterocycles. The van der Waals surface area contributed by atoms with Crippen molar-refractivity contribution in [2.45, 2.75) is 102 Å². The molecule has 1 spiro atoms. The molecule has 4 amide bonds. The van der Waals surface area contributed by atoms with Crippen molar-refractivity contribution in [3.05, 3.63) is 96.7 Å². The van der Waals surface area contributed by atoms with E-state index in [4.69, 9.17) is 37.6 Å². The fourth-order valence-corrected chi connectivity index (χ4v) is 10.8. The molecule has 3 aromatic carbocycles. The Morgan fingerprint density at radius 3 is 1.93 bits per heavy atom. The smallest absolute Gasteiger partial charge is 0.416 e. The number of anilines is 2. The maximum absolute atomic E-state index is 14.6. The maximum atomic E-state index is 14.6. The molecule has 3 atom stereocenters. The number of hydrogen-bond donors (Lipinski definition) is 0. The highest BCUT2D eigenvalue weighted by Gasteiger charge is 2.59. The molecule has 71 heavy (non-hydrogen) atoms. The molecule has 0 N–H and O–H groups in total. The van der Waals surface area contributed by atoms with Crippen molar-refractivity contribution in [3.63, 3.8) is 0 Å². The third-order valence-electron chi connectivity index (χ3n) is 14.7. The Bertz CT molecular complexity index is 2570. The van der Waals surface area contributed by atoms with Crippen LogP contribution in [0.5, 0.6) is 28.7 Å². The molecule has 4 aliphatic heterocycles. The first-order valence-electron chi connectivity index (χ1n) is 24.4. The van der Waals surface area contributed by atoms with Crippen molar-refractivity contribution in [2.75, 3.05) is 70.6 Å². The zero-order chi connectivity index (χ0) is 50.8. The Balaban J connectivity index is 0.973. The van der Waals surface area contributed by atoms with Crippen molar-refractivity contribution in [2.24, 2.45) is 5.41 Å². The monoisotopic (exact) mass is 992 g/mol. The van der Waals surface area contributed by atoms with Crippen molar-refractivity contribution in [1.82, 2.24) is 9.80 Å². The summed E-state index contributed by atoms with van der Waals surface area (Å²) < 4.78 is 48.1. The minimum absolute atomic E-state index is 0.000201. The number of unbranched alkanes of at least 4 members (excludes halogenated alkanes) is 2. The first kappa shape index (κ1) is 50.9. The first-order chi connectivity index (χ1) is 34.0. The summed E-state index contributed by atoms with van der Waals surface area (Å²) in [5.41, 5.74) is 3.23. The topological polar surface area (TPSA) is 155 Å². The summed E-state index contributed by atoms with van der Waals surface area (Å²) in [5.74, 6) is 1.72. The van der Waals surface area contributed by atoms with E-state index in [0.29, 0.717) is 85.4 Å². The van der Waals surface area contributed by atoms with Gasteiger partial charge in [-0.1, -0.05) is 58.2 Å². The van der Waals surface area contributed by atoms with Crippen LogP contribution in [0.1, 0.15) is 92.0 Å². The zero-order valence-electron chi connectivity index (χ0n) is 42.4. The molecule has 5 aliphatic rings. The average molecular weight is 993 g/mol. The Labute approximate surface area is 418 Å². The van der Waals surface area contributed by atoms with Crippen molar-refractivity contribution in [3.8, 4) is 28.7 Å². The van der Waals surface area contributed by atoms with Gasteiger partial charge in [0.25, 0.3) is 11.8 Å². The standard InChI is InChI=1S/C54H68N4O12Si/c1-11-22-68-51(61)56-33-37-26-36(35-16-18-38(63-6)19-17-35)32-55(37)48(59)39-27-44(64-7)46(29-41(39)56)66-24-14-13-15-25-67-47-30-42-40(28-45(47)65-8)49(60)57-34-54(20-21-54)31-43(57)50(58(42)52(62)69-23-12-2)70-71(9,10)53(3,4)5/h11-12,16-19,27-30,32,37,43,50H,1-2,13-15,20-26,31,33-34H2,3-10H3/t37-,43-,50?/m0/s1. The molecular formula is C54H68N4O12Si. The molecule has 1 unspecified atom stereocenters. The quantitative estimate of drug-likeness (QED) is 0.0677. The minimum Gasteiger partial charge on any atom is -0.497 e. The first-order valence-corrected chi connectivity index (χ1v) is 27.4. The van der Waals surface area contributed by atoms with E-state index in [1.165, 1.54) is 36.2 Å². The van der Waals surface area contributed by atoms with Crippen LogP contribution in [0.3, 0.4) is 0 Å². The van der Waals surface area contributed by atoms with E-state index in [-0.39, 0.29) is 59.7 Å². The van der Waals surface area contributed by atoms with E-state index in [0.717, 1.165) is 36.1 Å². The number of ether oxygens (including phenoxy) is 7. The lowest BCUT2D eigenvalue weighted by Gasteiger charge is -2.44. The van der Waals surface area contributed by atoms with Gasteiger partial charge in [-0.15, -0.1) is 0 Å². The maximum Gasteiger partial charge on any atom is 0.416 e. The average Bonchev–Trinajstić information content (AvgIpc) is 3.86. The van der Waals surface area contributed by atoms with Gasteiger partial charge in [0.05, 0.1) is 75.7 Å². The molecule has 16 nitrogen and oxygen atoms in total. The predicted octanol–water partition coefficient (Wildman–Crippen LogP) is 10.2. The van der Waals surface area contributed by atoms with Gasteiger partial charge in [-0.3, -0.25) is 14.5 Å². The number of methoxy groups -OCH3 is 3. The summed E-state index contributed by atoms with van der Waals surface area (Å²) in [6, 6.07) is 13.6. The minimum atomic E-state index is -2.53. The van der Waals surface area contributed by atoms with Gasteiger partial charge in [0.2, 0.25) is 0 Å². The third kappa shape index (κ3) is 10.3. The van der Waals surface area contributed by atoms with Crippen molar-refractivity contribution < 1.29 is 56.8 Å². The van der Waals surface area contributed by atoms with Gasteiger partial charge in [0.1, 0.15) is 19.0 Å². The summed E-state index contributed by atoms with van der Waals surface area (Å²) in [6.07, 6.45) is 8.11. The summed E-state index contributed by atoms with van der Waals surface area (Å²) in [5, 5.41) is -0.182. The summed E-state index contributed by atoms with van der Waals surface area (Å²) in [7, 11) is 2.12. The molecule has 0 bridgehead atoms. The van der Waals surface area contributed by atoms with E-state index in [1.54, 1.807) is 36.3 Å². The van der Waals surface area contributed by atoms with Crippen LogP contribution in [0, 0.1) is 5.41 Å². The number of rotatable bonds is 18. The molecule has 1 aliphatic carbocycles. The summed E-state index contributed by atoms with van der Waals surface area (Å²) in [6.45, 7) is 19.6. The predicted molar refractivity (Wildman–Crippen MR) is 272 cm³/mol. The lowest BCUT2D eigenvalue weighted by atomic mass is 10.0. The number of fused-ring (bicyclic) bond motifs is 4. The van der Waals surface area contributed by atoms with E-state index in [9.17, 15) is 19.2 Å². The van der Waals surface area contributed by atoms with Crippen LogP contribution in [0.4, 0.5) is 21.0 Å². The Morgan fingerprint density at radius 1 is 0.775 bits per heavy atom. The molecule has 2 fully saturated rings. The highest BCUT2D eigenvalue weighted by atomic mass is 28.4. The van der Waals surface area contributed by atoms with E-state index in [2.05, 4.69) is 47.0 Å². The number of hydrogen-bond acceptors (Lipinski definition) is 12. The number of benzene rings is 3. The fraction of sp³-hybridized carbons (Fsp3) is 0.481. The molecule has 0 aromatic heterocycles. The SMILES string of the molecule is C=CCOC(=O)N1C[C@@H]2CC(c3ccc(OC)cc3)=CN2C(=O)c2cc(OC)c(OCCCCCOc3cc4c(cc3OC)C(=O)N3CC5(CC5)C[C@H]3C(O[Si](C)(C)C(C)(C)C)N4C(=O)OCC=C)cc21. The van der Waals surface area contributed by atoms with Gasteiger partial charge in [-0.25, -0.2) is 14.5 Å². The third-order valence-corrected chi connectivity index (χ3v) is 19.2. The fourth-order valence-electron chi connectivity index (χ4n) is 9.62.